The van der Waals surface area contributed by atoms with Crippen molar-refractivity contribution in [2.24, 2.45) is 0 Å². The van der Waals surface area contributed by atoms with E-state index >= 15 is 0 Å². The lowest BCUT2D eigenvalue weighted by molar-refractivity contribution is 0.620. The first-order valence-corrected chi connectivity index (χ1v) is 4.44. The Morgan fingerprint density at radius 1 is 1.08 bits per heavy atom. The molecule has 0 saturated heterocycles. The Hall–Kier alpha value is -1.16. The molecule has 12 heavy (non-hydrogen) atoms. The molecular formula is C8H11NO2S. The van der Waals surface area contributed by atoms with Gasteiger partial charge in [-0.3, -0.25) is 0 Å². The summed E-state index contributed by atoms with van der Waals surface area (Å²) >= 11 is 0. The minimum atomic E-state index is -2.61. The Morgan fingerprint density at radius 2 is 1.33 bits per heavy atom. The van der Waals surface area contributed by atoms with Gasteiger partial charge in [0.25, 0.3) is 0 Å². The van der Waals surface area contributed by atoms with Gasteiger partial charge in [-0.05, 0) is 25.0 Å². The van der Waals surface area contributed by atoms with Crippen LogP contribution in [0.1, 0.15) is 11.1 Å². The number of nitrogens with one attached hydrogen (secondary N) is 1. The van der Waals surface area contributed by atoms with Gasteiger partial charge in [0.2, 0.25) is 0 Å². The van der Waals surface area contributed by atoms with E-state index in [0.717, 1.165) is 0 Å². The molecule has 0 bridgehead atoms. The van der Waals surface area contributed by atoms with E-state index in [-0.39, 0.29) is 0 Å². The van der Waals surface area contributed by atoms with E-state index in [1.165, 1.54) is 11.1 Å². The van der Waals surface area contributed by atoms with Crippen LogP contribution in [0.4, 0.5) is 0 Å². The fourth-order valence-electron chi connectivity index (χ4n) is 0.663. The molecule has 0 aliphatic carbocycles. The number of rotatable bonds is 0. The molecule has 4 heteroatoms. The third-order valence-electron chi connectivity index (χ3n) is 1.43. The third kappa shape index (κ3) is 5.61. The molecule has 0 atom stereocenters. The molecule has 0 aliphatic heterocycles. The highest BCUT2D eigenvalue weighted by Gasteiger charge is 1.83. The van der Waals surface area contributed by atoms with Crippen LogP contribution in [0.15, 0.2) is 24.3 Å². The van der Waals surface area contributed by atoms with Crippen LogP contribution in [0, 0.1) is 18.6 Å². The molecule has 0 amide bonds. The fraction of sp³-hybridized carbons (Fsp3) is 0.250. The lowest BCUT2D eigenvalue weighted by Crippen LogP contribution is -1.74. The molecule has 0 saturated carbocycles. The summed E-state index contributed by atoms with van der Waals surface area (Å²) in [7, 11) is -2.61. The molecule has 1 aromatic carbocycles. The van der Waals surface area contributed by atoms with Gasteiger partial charge < -0.3 is 0 Å². The van der Waals surface area contributed by atoms with E-state index in [2.05, 4.69) is 38.1 Å². The smallest absolute Gasteiger partial charge is 0.188 e. The number of benzene rings is 1. The van der Waals surface area contributed by atoms with Crippen molar-refractivity contribution < 1.29 is 8.42 Å². The van der Waals surface area contributed by atoms with Gasteiger partial charge in [-0.25, -0.2) is 0 Å². The minimum absolute atomic E-state index is 1.37. The van der Waals surface area contributed by atoms with E-state index in [4.69, 9.17) is 13.2 Å². The summed E-state index contributed by atoms with van der Waals surface area (Å²) in [5.74, 6) is 0. The summed E-state index contributed by atoms with van der Waals surface area (Å²) in [6.07, 6.45) is 0. The Labute approximate surface area is 73.6 Å². The summed E-state index contributed by atoms with van der Waals surface area (Å²) in [4.78, 5) is 0. The third-order valence-corrected chi connectivity index (χ3v) is 1.43. The van der Waals surface area contributed by atoms with Crippen molar-refractivity contribution in [1.29, 1.82) is 4.78 Å². The first kappa shape index (κ1) is 10.8. The van der Waals surface area contributed by atoms with Gasteiger partial charge in [-0.15, -0.1) is 0 Å². The zero-order valence-corrected chi connectivity index (χ0v) is 7.85. The Kier molecular flexibility index (Phi) is 4.96. The Bertz CT molecular complexity index is 314. The van der Waals surface area contributed by atoms with Gasteiger partial charge in [0.15, 0.2) is 0 Å². The molecule has 0 aliphatic rings. The fourth-order valence-corrected chi connectivity index (χ4v) is 0.663. The summed E-state index contributed by atoms with van der Waals surface area (Å²) in [6, 6.07) is 8.36. The second-order valence-corrected chi connectivity index (χ2v) is 2.79. The zero-order valence-electron chi connectivity index (χ0n) is 7.03. The average molecular weight is 185 g/mol. The zero-order chi connectivity index (χ0) is 9.56. The van der Waals surface area contributed by atoms with E-state index in [1.807, 2.05) is 0 Å². The largest absolute Gasteiger partial charge is 0.308 e. The Balaban J connectivity index is 0.000000261. The second-order valence-electron chi connectivity index (χ2n) is 2.32. The maximum atomic E-state index is 8.67. The maximum absolute atomic E-state index is 8.67. The molecule has 1 aromatic rings. The quantitative estimate of drug-likeness (QED) is 0.671. The topological polar surface area (TPSA) is 58.0 Å². The normalized spacial score (nSPS) is 8.17. The standard InChI is InChI=1S/C8H10.HNO2S/c1-7-5-3-4-6-8(7)2;1-4(2)3/h3-6H,1-2H3;1H. The van der Waals surface area contributed by atoms with Gasteiger partial charge in [-0.1, -0.05) is 24.3 Å². The van der Waals surface area contributed by atoms with Crippen molar-refractivity contribution in [3.63, 3.8) is 0 Å². The predicted octanol–water partition coefficient (Wildman–Crippen LogP) is 1.93. The van der Waals surface area contributed by atoms with Crippen LogP contribution in [0.3, 0.4) is 0 Å². The van der Waals surface area contributed by atoms with Crippen molar-refractivity contribution in [3.8, 4) is 0 Å². The van der Waals surface area contributed by atoms with Gasteiger partial charge >= 0.3 is 10.5 Å². The molecule has 0 radical (unpaired) electrons. The van der Waals surface area contributed by atoms with Gasteiger partial charge in [0.05, 0.1) is 0 Å². The average Bonchev–Trinajstić information content (AvgIpc) is 1.94. The highest BCUT2D eigenvalue weighted by atomic mass is 32.2. The summed E-state index contributed by atoms with van der Waals surface area (Å²) in [6.45, 7) is 4.24. The molecule has 0 heterocycles. The van der Waals surface area contributed by atoms with E-state index in [1.54, 1.807) is 0 Å². The number of hydrogen-bond acceptors (Lipinski definition) is 3. The molecule has 66 valence electrons. The summed E-state index contributed by atoms with van der Waals surface area (Å²) < 4.78 is 22.8. The first-order valence-electron chi connectivity index (χ1n) is 3.36. The first-order chi connectivity index (χ1) is 5.54. The van der Waals surface area contributed by atoms with Crippen LogP contribution in [0.2, 0.25) is 0 Å². The number of aryl methyl sites for hydroxylation is 2. The predicted molar refractivity (Wildman–Crippen MR) is 47.6 cm³/mol. The van der Waals surface area contributed by atoms with Crippen LogP contribution in [0.5, 0.6) is 0 Å². The van der Waals surface area contributed by atoms with Gasteiger partial charge in [0.1, 0.15) is 0 Å². The lowest BCUT2D eigenvalue weighted by atomic mass is 10.1. The van der Waals surface area contributed by atoms with Crippen LogP contribution >= 0.6 is 0 Å². The highest BCUT2D eigenvalue weighted by Crippen LogP contribution is 2.02. The molecule has 0 unspecified atom stereocenters. The van der Waals surface area contributed by atoms with Crippen molar-refractivity contribution in [2.45, 2.75) is 13.8 Å². The summed E-state index contributed by atoms with van der Waals surface area (Å²) in [5.41, 5.74) is 2.74. The van der Waals surface area contributed by atoms with E-state index in [0.29, 0.717) is 0 Å². The minimum Gasteiger partial charge on any atom is -0.188 e. The van der Waals surface area contributed by atoms with Crippen molar-refractivity contribution in [3.05, 3.63) is 35.4 Å². The molecular weight excluding hydrogens is 174 g/mol. The number of hydrogen-bond donors (Lipinski definition) is 1. The Morgan fingerprint density at radius 3 is 1.50 bits per heavy atom. The molecule has 0 spiro atoms. The van der Waals surface area contributed by atoms with Crippen LogP contribution in [0.25, 0.3) is 0 Å². The lowest BCUT2D eigenvalue weighted by Gasteiger charge is -1.93. The van der Waals surface area contributed by atoms with Crippen LogP contribution in [-0.4, -0.2) is 8.42 Å². The van der Waals surface area contributed by atoms with Crippen molar-refractivity contribution >= 4 is 10.5 Å². The summed E-state index contributed by atoms with van der Waals surface area (Å²) in [5, 5.41) is 0. The molecule has 3 nitrogen and oxygen atoms in total. The maximum Gasteiger partial charge on any atom is 0.308 e. The van der Waals surface area contributed by atoms with E-state index in [9.17, 15) is 0 Å². The van der Waals surface area contributed by atoms with E-state index < -0.39 is 10.5 Å². The molecule has 0 aromatic heterocycles. The second kappa shape index (κ2) is 5.49. The highest BCUT2D eigenvalue weighted by molar-refractivity contribution is 7.60. The van der Waals surface area contributed by atoms with Crippen LogP contribution < -0.4 is 0 Å². The SMILES string of the molecule is Cc1ccccc1C.N=S(=O)=O. The van der Waals surface area contributed by atoms with Gasteiger partial charge in [-0.2, -0.15) is 13.2 Å². The molecule has 0 fully saturated rings. The van der Waals surface area contributed by atoms with Gasteiger partial charge in [0, 0.05) is 0 Å². The molecule has 1 N–H and O–H groups in total. The van der Waals surface area contributed by atoms with Crippen molar-refractivity contribution in [2.75, 3.05) is 0 Å². The molecule has 1 rings (SSSR count). The van der Waals surface area contributed by atoms with Crippen LogP contribution in [-0.2, 0) is 10.5 Å². The van der Waals surface area contributed by atoms with Crippen molar-refractivity contribution in [1.82, 2.24) is 0 Å². The monoisotopic (exact) mass is 185 g/mol.